The van der Waals surface area contributed by atoms with E-state index in [0.29, 0.717) is 0 Å². The lowest BCUT2D eigenvalue weighted by Gasteiger charge is -2.18. The van der Waals surface area contributed by atoms with E-state index < -0.39 is 0 Å². The molecule has 0 saturated carbocycles. The summed E-state index contributed by atoms with van der Waals surface area (Å²) in [4.78, 5) is 2.58. The van der Waals surface area contributed by atoms with Crippen LogP contribution in [0.5, 0.6) is 0 Å². The average Bonchev–Trinajstić information content (AvgIpc) is 2.74. The second-order valence-electron chi connectivity index (χ2n) is 5.18. The first-order valence-electron chi connectivity index (χ1n) is 6.79. The summed E-state index contributed by atoms with van der Waals surface area (Å²) in [6.45, 7) is 10.2. The standard InChI is InChI=1S/C15H24N2/c1-3-16-10-14-6-4-5-7-15(14)12-17-9-8-13(2)11-17/h4-7,13,16H,3,8-12H2,1-2H3. The number of rotatable bonds is 5. The Kier molecular flexibility index (Phi) is 4.57. The summed E-state index contributed by atoms with van der Waals surface area (Å²) in [6, 6.07) is 8.82. The summed E-state index contributed by atoms with van der Waals surface area (Å²) in [5.41, 5.74) is 2.94. The lowest BCUT2D eigenvalue weighted by Crippen LogP contribution is -2.21. The molecular weight excluding hydrogens is 208 g/mol. The van der Waals surface area contributed by atoms with Crippen molar-refractivity contribution >= 4 is 0 Å². The van der Waals surface area contributed by atoms with Gasteiger partial charge in [0.25, 0.3) is 0 Å². The summed E-state index contributed by atoms with van der Waals surface area (Å²) in [5.74, 6) is 0.871. The van der Waals surface area contributed by atoms with Crippen molar-refractivity contribution in [1.29, 1.82) is 0 Å². The molecule has 1 fully saturated rings. The highest BCUT2D eigenvalue weighted by Gasteiger charge is 2.19. The van der Waals surface area contributed by atoms with Crippen LogP contribution in [-0.4, -0.2) is 24.5 Å². The predicted molar refractivity (Wildman–Crippen MR) is 72.9 cm³/mol. The molecule has 1 aliphatic rings. The minimum atomic E-state index is 0.871. The van der Waals surface area contributed by atoms with Crippen LogP contribution in [0.1, 0.15) is 31.4 Å². The first-order valence-corrected chi connectivity index (χ1v) is 6.79. The van der Waals surface area contributed by atoms with Crippen LogP contribution in [0.3, 0.4) is 0 Å². The fourth-order valence-corrected chi connectivity index (χ4v) is 2.55. The Morgan fingerprint density at radius 1 is 1.29 bits per heavy atom. The minimum absolute atomic E-state index is 0.871. The van der Waals surface area contributed by atoms with Crippen molar-refractivity contribution in [3.63, 3.8) is 0 Å². The van der Waals surface area contributed by atoms with Crippen molar-refractivity contribution in [2.24, 2.45) is 5.92 Å². The van der Waals surface area contributed by atoms with Gasteiger partial charge in [-0.1, -0.05) is 38.1 Å². The van der Waals surface area contributed by atoms with Crippen molar-refractivity contribution in [2.75, 3.05) is 19.6 Å². The molecule has 2 heteroatoms. The van der Waals surface area contributed by atoms with Gasteiger partial charge in [0.1, 0.15) is 0 Å². The Balaban J connectivity index is 1.99. The molecule has 1 aromatic rings. The molecule has 1 aromatic carbocycles. The minimum Gasteiger partial charge on any atom is -0.313 e. The third kappa shape index (κ3) is 3.55. The van der Waals surface area contributed by atoms with Crippen LogP contribution in [-0.2, 0) is 13.1 Å². The van der Waals surface area contributed by atoms with Gasteiger partial charge in [0.05, 0.1) is 0 Å². The summed E-state index contributed by atoms with van der Waals surface area (Å²) < 4.78 is 0. The van der Waals surface area contributed by atoms with Crippen molar-refractivity contribution in [3.05, 3.63) is 35.4 Å². The normalized spacial score (nSPS) is 20.9. The van der Waals surface area contributed by atoms with Crippen molar-refractivity contribution < 1.29 is 0 Å². The van der Waals surface area contributed by atoms with E-state index in [-0.39, 0.29) is 0 Å². The largest absolute Gasteiger partial charge is 0.313 e. The van der Waals surface area contributed by atoms with Gasteiger partial charge in [0.15, 0.2) is 0 Å². The molecule has 0 aromatic heterocycles. The highest BCUT2D eigenvalue weighted by atomic mass is 15.1. The molecule has 0 bridgehead atoms. The van der Waals surface area contributed by atoms with Crippen LogP contribution in [0.4, 0.5) is 0 Å². The molecule has 1 saturated heterocycles. The zero-order valence-corrected chi connectivity index (χ0v) is 11.1. The van der Waals surface area contributed by atoms with E-state index in [1.54, 1.807) is 0 Å². The molecule has 94 valence electrons. The SMILES string of the molecule is CCNCc1ccccc1CN1CCC(C)C1. The number of hydrogen-bond donors (Lipinski definition) is 1. The number of benzene rings is 1. The Morgan fingerprint density at radius 2 is 2.06 bits per heavy atom. The van der Waals surface area contributed by atoms with Crippen LogP contribution in [0.15, 0.2) is 24.3 Å². The first kappa shape index (κ1) is 12.6. The number of likely N-dealkylation sites (tertiary alicyclic amines) is 1. The van der Waals surface area contributed by atoms with Crippen molar-refractivity contribution in [2.45, 2.75) is 33.4 Å². The topological polar surface area (TPSA) is 15.3 Å². The van der Waals surface area contributed by atoms with Gasteiger partial charge in [-0.3, -0.25) is 4.90 Å². The maximum atomic E-state index is 3.42. The van der Waals surface area contributed by atoms with E-state index in [1.165, 1.54) is 30.6 Å². The van der Waals surface area contributed by atoms with Crippen LogP contribution >= 0.6 is 0 Å². The number of hydrogen-bond acceptors (Lipinski definition) is 2. The lowest BCUT2D eigenvalue weighted by molar-refractivity contribution is 0.319. The van der Waals surface area contributed by atoms with Gasteiger partial charge in [-0.15, -0.1) is 0 Å². The highest BCUT2D eigenvalue weighted by Crippen LogP contribution is 2.19. The maximum absolute atomic E-state index is 3.42. The van der Waals surface area contributed by atoms with Crippen molar-refractivity contribution in [3.8, 4) is 0 Å². The van der Waals surface area contributed by atoms with Gasteiger partial charge >= 0.3 is 0 Å². The quantitative estimate of drug-likeness (QED) is 0.839. The first-order chi connectivity index (χ1) is 8.29. The summed E-state index contributed by atoms with van der Waals surface area (Å²) in [7, 11) is 0. The number of nitrogens with zero attached hydrogens (tertiary/aromatic N) is 1. The Hall–Kier alpha value is -0.860. The Bertz CT molecular complexity index is 349. The van der Waals surface area contributed by atoms with Crippen LogP contribution in [0.2, 0.25) is 0 Å². The molecule has 17 heavy (non-hydrogen) atoms. The van der Waals surface area contributed by atoms with E-state index in [9.17, 15) is 0 Å². The summed E-state index contributed by atoms with van der Waals surface area (Å²) in [5, 5.41) is 3.42. The van der Waals surface area contributed by atoms with E-state index >= 15 is 0 Å². The van der Waals surface area contributed by atoms with Gasteiger partial charge < -0.3 is 5.32 Å². The molecule has 1 N–H and O–H groups in total. The molecule has 0 radical (unpaired) electrons. The number of nitrogens with one attached hydrogen (secondary N) is 1. The molecule has 1 atom stereocenters. The summed E-state index contributed by atoms with van der Waals surface area (Å²) in [6.07, 6.45) is 1.36. The molecule has 1 aliphatic heterocycles. The molecule has 1 heterocycles. The third-order valence-corrected chi connectivity index (χ3v) is 3.59. The molecule has 1 unspecified atom stereocenters. The van der Waals surface area contributed by atoms with E-state index in [0.717, 1.165) is 25.6 Å². The van der Waals surface area contributed by atoms with Crippen LogP contribution < -0.4 is 5.32 Å². The lowest BCUT2D eigenvalue weighted by atomic mass is 10.1. The molecule has 0 amide bonds. The van der Waals surface area contributed by atoms with E-state index in [1.807, 2.05) is 0 Å². The van der Waals surface area contributed by atoms with Gasteiger partial charge in [0.2, 0.25) is 0 Å². The maximum Gasteiger partial charge on any atom is 0.0237 e. The summed E-state index contributed by atoms with van der Waals surface area (Å²) >= 11 is 0. The molecule has 0 spiro atoms. The van der Waals surface area contributed by atoms with Gasteiger partial charge in [-0.2, -0.15) is 0 Å². The van der Waals surface area contributed by atoms with E-state index in [2.05, 4.69) is 48.3 Å². The third-order valence-electron chi connectivity index (χ3n) is 3.59. The smallest absolute Gasteiger partial charge is 0.0237 e. The van der Waals surface area contributed by atoms with E-state index in [4.69, 9.17) is 0 Å². The average molecular weight is 232 g/mol. The zero-order chi connectivity index (χ0) is 12.1. The zero-order valence-electron chi connectivity index (χ0n) is 11.1. The van der Waals surface area contributed by atoms with Gasteiger partial charge in [0, 0.05) is 19.6 Å². The van der Waals surface area contributed by atoms with Crippen molar-refractivity contribution in [1.82, 2.24) is 10.2 Å². The second kappa shape index (κ2) is 6.18. The highest BCUT2D eigenvalue weighted by molar-refractivity contribution is 5.27. The predicted octanol–water partition coefficient (Wildman–Crippen LogP) is 2.64. The van der Waals surface area contributed by atoms with Crippen LogP contribution in [0, 0.1) is 5.92 Å². The Labute approximate surface area is 105 Å². The molecule has 2 rings (SSSR count). The fourth-order valence-electron chi connectivity index (χ4n) is 2.55. The van der Waals surface area contributed by atoms with Gasteiger partial charge in [-0.25, -0.2) is 0 Å². The molecule has 2 nitrogen and oxygen atoms in total. The van der Waals surface area contributed by atoms with Gasteiger partial charge in [-0.05, 0) is 36.6 Å². The van der Waals surface area contributed by atoms with Crippen LogP contribution in [0.25, 0.3) is 0 Å². The molecule has 0 aliphatic carbocycles. The monoisotopic (exact) mass is 232 g/mol. The second-order valence-corrected chi connectivity index (χ2v) is 5.18. The molecular formula is C15H24N2. The fraction of sp³-hybridized carbons (Fsp3) is 0.600. The Morgan fingerprint density at radius 3 is 2.71 bits per heavy atom.